The lowest BCUT2D eigenvalue weighted by atomic mass is 10.6. The highest BCUT2D eigenvalue weighted by Crippen LogP contribution is 1.83. The molecule has 0 heterocycles. The molecule has 1 N–H and O–H groups in total. The maximum atomic E-state index is 10.6. The molecule has 0 aliphatic heterocycles. The van der Waals surface area contributed by atoms with Gasteiger partial charge in [-0.3, -0.25) is 14.6 Å². The van der Waals surface area contributed by atoms with Crippen LogP contribution in [0.3, 0.4) is 0 Å². The number of aliphatic imine (C=N–C) groups is 1. The lowest BCUT2D eigenvalue weighted by molar-refractivity contribution is -0.139. The average molecular weight is 220 g/mol. The Morgan fingerprint density at radius 2 is 1.86 bits per heavy atom. The van der Waals surface area contributed by atoms with E-state index >= 15 is 0 Å². The molecule has 0 unspecified atom stereocenters. The van der Waals surface area contributed by atoms with E-state index in [4.69, 9.17) is 0 Å². The smallest absolute Gasteiger partial charge is 0.327 e. The summed E-state index contributed by atoms with van der Waals surface area (Å²) in [6.07, 6.45) is 0. The zero-order valence-corrected chi connectivity index (χ0v) is 8.84. The Labute approximate surface area is 87.1 Å². The van der Waals surface area contributed by atoms with Gasteiger partial charge in [0.1, 0.15) is 13.1 Å². The highest BCUT2D eigenvalue weighted by Gasteiger charge is 2.01. The average Bonchev–Trinajstić information content (AvgIpc) is 2.22. The zero-order valence-electron chi connectivity index (χ0n) is 7.94. The molecule has 0 amide bonds. The zero-order chi connectivity index (χ0) is 11.0. The van der Waals surface area contributed by atoms with Crippen molar-refractivity contribution in [2.45, 2.75) is 0 Å². The molecule has 0 atom stereocenters. The SMILES string of the molecule is COC(=O)C/N=C(\S)NCC(=O)OC. The van der Waals surface area contributed by atoms with E-state index in [0.717, 1.165) is 0 Å². The molecule has 0 bridgehead atoms. The molecule has 14 heavy (non-hydrogen) atoms. The molecule has 0 saturated heterocycles. The quantitative estimate of drug-likeness (QED) is 0.281. The molecule has 80 valence electrons. The van der Waals surface area contributed by atoms with E-state index in [1.165, 1.54) is 14.2 Å². The first-order valence-corrected chi connectivity index (χ1v) is 4.15. The number of thiol groups is 1. The molecule has 0 rings (SSSR count). The van der Waals surface area contributed by atoms with Gasteiger partial charge >= 0.3 is 11.9 Å². The Balaban J connectivity index is 3.78. The summed E-state index contributed by atoms with van der Waals surface area (Å²) in [6.45, 7) is -0.177. The third-order valence-electron chi connectivity index (χ3n) is 1.20. The maximum Gasteiger partial charge on any atom is 0.327 e. The Kier molecular flexibility index (Phi) is 6.55. The van der Waals surface area contributed by atoms with Gasteiger partial charge in [0.05, 0.1) is 14.2 Å². The highest BCUT2D eigenvalue weighted by molar-refractivity contribution is 7.96. The van der Waals surface area contributed by atoms with Crippen molar-refractivity contribution >= 4 is 29.7 Å². The van der Waals surface area contributed by atoms with Crippen LogP contribution < -0.4 is 5.32 Å². The normalized spacial score (nSPS) is 10.6. The van der Waals surface area contributed by atoms with Gasteiger partial charge < -0.3 is 14.8 Å². The molecule has 7 heteroatoms. The summed E-state index contributed by atoms with van der Waals surface area (Å²) < 4.78 is 8.71. The van der Waals surface area contributed by atoms with Gasteiger partial charge in [0, 0.05) is 0 Å². The van der Waals surface area contributed by atoms with E-state index in [0.29, 0.717) is 0 Å². The number of nitrogens with zero attached hydrogens (tertiary/aromatic N) is 1. The van der Waals surface area contributed by atoms with Crippen LogP contribution >= 0.6 is 12.6 Å². The molecule has 0 aromatic rings. The number of methoxy groups -OCH3 is 2. The summed E-state index contributed by atoms with van der Waals surface area (Å²) in [5.41, 5.74) is 0. The van der Waals surface area contributed by atoms with Crippen molar-refractivity contribution in [1.82, 2.24) is 5.32 Å². The van der Waals surface area contributed by atoms with Gasteiger partial charge in [-0.25, -0.2) is 0 Å². The van der Waals surface area contributed by atoms with Crippen molar-refractivity contribution in [1.29, 1.82) is 0 Å². The fourth-order valence-electron chi connectivity index (χ4n) is 0.483. The monoisotopic (exact) mass is 220 g/mol. The molecule has 0 radical (unpaired) electrons. The number of rotatable bonds is 4. The number of carbonyl (C=O) groups is 2. The van der Waals surface area contributed by atoms with E-state index < -0.39 is 11.9 Å². The van der Waals surface area contributed by atoms with E-state index in [9.17, 15) is 9.59 Å². The first-order valence-electron chi connectivity index (χ1n) is 3.71. The second kappa shape index (κ2) is 7.19. The number of hydrogen-bond acceptors (Lipinski definition) is 5. The Morgan fingerprint density at radius 1 is 1.29 bits per heavy atom. The van der Waals surface area contributed by atoms with E-state index in [1.54, 1.807) is 0 Å². The number of carbonyl (C=O) groups excluding carboxylic acids is 2. The first-order chi connectivity index (χ1) is 6.60. The topological polar surface area (TPSA) is 77.0 Å². The van der Waals surface area contributed by atoms with Crippen LogP contribution in [0.2, 0.25) is 0 Å². The molecule has 0 aliphatic carbocycles. The van der Waals surface area contributed by atoms with Crippen LogP contribution in [0.15, 0.2) is 4.99 Å². The lowest BCUT2D eigenvalue weighted by Gasteiger charge is -2.02. The molecule has 0 aromatic heterocycles. The van der Waals surface area contributed by atoms with Crippen molar-refractivity contribution < 1.29 is 19.1 Å². The lowest BCUT2D eigenvalue weighted by Crippen LogP contribution is -2.27. The fraction of sp³-hybridized carbons (Fsp3) is 0.571. The molecular formula is C7H12N2O4S. The highest BCUT2D eigenvalue weighted by atomic mass is 32.1. The second-order valence-electron chi connectivity index (χ2n) is 2.15. The van der Waals surface area contributed by atoms with Crippen LogP contribution in [0.1, 0.15) is 0 Å². The predicted octanol–water partition coefficient (Wildman–Crippen LogP) is -0.792. The molecule has 6 nitrogen and oxygen atoms in total. The van der Waals surface area contributed by atoms with E-state index in [2.05, 4.69) is 32.4 Å². The van der Waals surface area contributed by atoms with Crippen LogP contribution in [0.4, 0.5) is 0 Å². The van der Waals surface area contributed by atoms with Crippen LogP contribution in [-0.4, -0.2) is 44.4 Å². The van der Waals surface area contributed by atoms with Gasteiger partial charge in [-0.1, -0.05) is 0 Å². The van der Waals surface area contributed by atoms with Gasteiger partial charge in [-0.15, -0.1) is 12.6 Å². The summed E-state index contributed by atoms with van der Waals surface area (Å²) in [7, 11) is 2.53. The predicted molar refractivity (Wildman–Crippen MR) is 53.3 cm³/mol. The number of nitrogens with one attached hydrogen (secondary N) is 1. The summed E-state index contributed by atoms with van der Waals surface area (Å²) in [5, 5.41) is 2.73. The fourth-order valence-corrected chi connectivity index (χ4v) is 0.633. The largest absolute Gasteiger partial charge is 0.468 e. The van der Waals surface area contributed by atoms with Gasteiger partial charge in [0.2, 0.25) is 0 Å². The third-order valence-corrected chi connectivity index (χ3v) is 1.50. The molecule has 0 aliphatic rings. The van der Waals surface area contributed by atoms with Gasteiger partial charge in [0.15, 0.2) is 5.17 Å². The Bertz CT molecular complexity index is 242. The van der Waals surface area contributed by atoms with Gasteiger partial charge in [-0.05, 0) is 0 Å². The van der Waals surface area contributed by atoms with Crippen LogP contribution in [0, 0.1) is 0 Å². The molecular weight excluding hydrogens is 208 g/mol. The van der Waals surface area contributed by atoms with Crippen molar-refractivity contribution in [2.24, 2.45) is 4.99 Å². The van der Waals surface area contributed by atoms with Crippen molar-refractivity contribution in [3.05, 3.63) is 0 Å². The molecule has 0 fully saturated rings. The van der Waals surface area contributed by atoms with Crippen molar-refractivity contribution in [3.8, 4) is 0 Å². The first kappa shape index (κ1) is 12.8. The Hall–Kier alpha value is -1.24. The number of amidine groups is 1. The van der Waals surface area contributed by atoms with E-state index in [-0.39, 0.29) is 18.3 Å². The van der Waals surface area contributed by atoms with Crippen LogP contribution in [-0.2, 0) is 19.1 Å². The van der Waals surface area contributed by atoms with Gasteiger partial charge in [-0.2, -0.15) is 0 Å². The molecule has 0 spiro atoms. The number of ether oxygens (including phenoxy) is 2. The van der Waals surface area contributed by atoms with Gasteiger partial charge in [0.25, 0.3) is 0 Å². The van der Waals surface area contributed by atoms with E-state index in [1.807, 2.05) is 0 Å². The minimum Gasteiger partial charge on any atom is -0.468 e. The maximum absolute atomic E-state index is 10.6. The van der Waals surface area contributed by atoms with Crippen molar-refractivity contribution in [3.63, 3.8) is 0 Å². The standard InChI is InChI=1S/C7H12N2O4S/c1-12-5(10)3-8-7(14)9-4-6(11)13-2/h3-4H2,1-2H3,(H2,8,9,14). The Morgan fingerprint density at radius 3 is 2.36 bits per heavy atom. The summed E-state index contributed by atoms with van der Waals surface area (Å²) in [6, 6.07) is 0. The summed E-state index contributed by atoms with van der Waals surface area (Å²) in [4.78, 5) is 25.0. The minimum absolute atomic E-state index is 0.0417. The summed E-state index contributed by atoms with van der Waals surface area (Å²) in [5.74, 6) is -0.916. The minimum atomic E-state index is -0.476. The van der Waals surface area contributed by atoms with Crippen molar-refractivity contribution in [2.75, 3.05) is 27.3 Å². The molecule has 0 saturated carbocycles. The third kappa shape index (κ3) is 6.30. The molecule has 0 aromatic carbocycles. The van der Waals surface area contributed by atoms with Crippen LogP contribution in [0.5, 0.6) is 0 Å². The summed E-state index contributed by atoms with van der Waals surface area (Å²) >= 11 is 3.88. The second-order valence-corrected chi connectivity index (χ2v) is 2.57. The van der Waals surface area contributed by atoms with Crippen LogP contribution in [0.25, 0.3) is 0 Å². The number of hydrogen-bond donors (Lipinski definition) is 2. The number of esters is 2.